The molecule has 1 aromatic heterocycles. The van der Waals surface area contributed by atoms with E-state index in [1.165, 1.54) is 11.3 Å². The smallest absolute Gasteiger partial charge is 0.227 e. The van der Waals surface area contributed by atoms with Crippen molar-refractivity contribution in [3.05, 3.63) is 45.9 Å². The molecule has 1 saturated heterocycles. The summed E-state index contributed by atoms with van der Waals surface area (Å²) in [6, 6.07) is 10.1. The van der Waals surface area contributed by atoms with Crippen LogP contribution in [0.3, 0.4) is 0 Å². The van der Waals surface area contributed by atoms with E-state index in [-0.39, 0.29) is 5.91 Å². The standard InChI is InChI=1S/C18H18N4OS/c1-13-12-24-18(21-13)15(9-19)11-20-10-14-4-6-16(7-5-14)22-8-2-3-17(22)23/h4-7,11-12,15H,2-3,8,10H2,1H3/t15-/m1/s1. The van der Waals surface area contributed by atoms with Crippen molar-refractivity contribution in [2.45, 2.75) is 32.2 Å². The van der Waals surface area contributed by atoms with Gasteiger partial charge in [0.1, 0.15) is 10.9 Å². The van der Waals surface area contributed by atoms with Gasteiger partial charge in [-0.2, -0.15) is 5.26 Å². The molecule has 5 nitrogen and oxygen atoms in total. The van der Waals surface area contributed by atoms with Gasteiger partial charge >= 0.3 is 0 Å². The number of anilines is 1. The van der Waals surface area contributed by atoms with Crippen molar-refractivity contribution in [2.75, 3.05) is 11.4 Å². The number of amides is 1. The summed E-state index contributed by atoms with van der Waals surface area (Å²) in [5.41, 5.74) is 2.92. The molecule has 1 aliphatic rings. The van der Waals surface area contributed by atoms with E-state index in [9.17, 15) is 10.1 Å². The highest BCUT2D eigenvalue weighted by atomic mass is 32.1. The van der Waals surface area contributed by atoms with Crippen molar-refractivity contribution in [3.63, 3.8) is 0 Å². The van der Waals surface area contributed by atoms with Crippen molar-refractivity contribution in [1.29, 1.82) is 5.26 Å². The van der Waals surface area contributed by atoms with E-state index < -0.39 is 5.92 Å². The minimum absolute atomic E-state index is 0.191. The Morgan fingerprint density at radius 2 is 2.25 bits per heavy atom. The van der Waals surface area contributed by atoms with Crippen molar-refractivity contribution in [1.82, 2.24) is 4.98 Å². The first kappa shape index (κ1) is 16.3. The van der Waals surface area contributed by atoms with E-state index in [0.29, 0.717) is 13.0 Å². The second-order valence-electron chi connectivity index (χ2n) is 5.74. The number of nitrogens with zero attached hydrogens (tertiary/aromatic N) is 4. The maximum Gasteiger partial charge on any atom is 0.227 e. The fourth-order valence-corrected chi connectivity index (χ4v) is 3.43. The molecule has 0 unspecified atom stereocenters. The molecule has 0 saturated carbocycles. The summed E-state index contributed by atoms with van der Waals surface area (Å²) in [6.45, 7) is 3.22. The zero-order chi connectivity index (χ0) is 16.9. The number of aliphatic imine (C=N–C) groups is 1. The molecule has 0 aliphatic carbocycles. The van der Waals surface area contributed by atoms with Crippen LogP contribution in [0.1, 0.15) is 35.0 Å². The van der Waals surface area contributed by atoms with Gasteiger partial charge in [0.2, 0.25) is 5.91 Å². The predicted octanol–water partition coefficient (Wildman–Crippen LogP) is 3.46. The molecule has 6 heteroatoms. The Bertz CT molecular complexity index is 788. The molecular weight excluding hydrogens is 320 g/mol. The van der Waals surface area contributed by atoms with Gasteiger partial charge in [-0.1, -0.05) is 12.1 Å². The SMILES string of the molecule is Cc1csc([C@H](C#N)C=NCc2ccc(N3CCCC3=O)cc2)n1. The lowest BCUT2D eigenvalue weighted by Crippen LogP contribution is -2.23. The van der Waals surface area contributed by atoms with Crippen LogP contribution in [0.4, 0.5) is 5.69 Å². The zero-order valence-corrected chi connectivity index (χ0v) is 14.3. The van der Waals surface area contributed by atoms with Gasteiger partial charge < -0.3 is 4.90 Å². The number of hydrogen-bond donors (Lipinski definition) is 0. The Kier molecular flexibility index (Phi) is 5.02. The van der Waals surface area contributed by atoms with E-state index in [0.717, 1.165) is 34.9 Å². The van der Waals surface area contributed by atoms with Gasteiger partial charge in [0.05, 0.1) is 12.6 Å². The van der Waals surface area contributed by atoms with Crippen LogP contribution >= 0.6 is 11.3 Å². The van der Waals surface area contributed by atoms with E-state index in [1.54, 1.807) is 6.21 Å². The molecular formula is C18H18N4OS. The average molecular weight is 338 g/mol. The number of aryl methyl sites for hydroxylation is 1. The van der Waals surface area contributed by atoms with Gasteiger partial charge in [-0.15, -0.1) is 11.3 Å². The number of rotatable bonds is 5. The predicted molar refractivity (Wildman–Crippen MR) is 95.4 cm³/mol. The van der Waals surface area contributed by atoms with Crippen LogP contribution in [-0.2, 0) is 11.3 Å². The van der Waals surface area contributed by atoms with Crippen LogP contribution in [0, 0.1) is 18.3 Å². The second kappa shape index (κ2) is 7.37. The minimum atomic E-state index is -0.398. The minimum Gasteiger partial charge on any atom is -0.312 e. The van der Waals surface area contributed by atoms with E-state index >= 15 is 0 Å². The summed E-state index contributed by atoms with van der Waals surface area (Å²) in [4.78, 5) is 22.3. The Morgan fingerprint density at radius 3 is 2.83 bits per heavy atom. The number of nitriles is 1. The summed E-state index contributed by atoms with van der Waals surface area (Å²) in [5.74, 6) is -0.207. The van der Waals surface area contributed by atoms with Crippen molar-refractivity contribution < 1.29 is 4.79 Å². The summed E-state index contributed by atoms with van der Waals surface area (Å²) < 4.78 is 0. The topological polar surface area (TPSA) is 69.3 Å². The Hall–Kier alpha value is -2.52. The van der Waals surface area contributed by atoms with E-state index in [1.807, 2.05) is 41.5 Å². The molecule has 2 heterocycles. The molecule has 24 heavy (non-hydrogen) atoms. The lowest BCUT2D eigenvalue weighted by molar-refractivity contribution is -0.117. The van der Waals surface area contributed by atoms with Crippen LogP contribution in [-0.4, -0.2) is 23.7 Å². The Morgan fingerprint density at radius 1 is 1.46 bits per heavy atom. The molecule has 3 rings (SSSR count). The molecule has 1 fully saturated rings. The largest absolute Gasteiger partial charge is 0.312 e. The van der Waals surface area contributed by atoms with Crippen LogP contribution in [0.15, 0.2) is 34.6 Å². The summed E-state index contributed by atoms with van der Waals surface area (Å²) >= 11 is 1.48. The number of aromatic nitrogens is 1. The maximum absolute atomic E-state index is 11.7. The van der Waals surface area contributed by atoms with Gasteiger partial charge in [-0.25, -0.2) is 4.98 Å². The first-order valence-corrected chi connectivity index (χ1v) is 8.76. The molecule has 1 atom stereocenters. The molecule has 1 amide bonds. The lowest BCUT2D eigenvalue weighted by atomic mass is 10.2. The van der Waals surface area contributed by atoms with Gasteiger partial charge in [0.25, 0.3) is 0 Å². The van der Waals surface area contributed by atoms with Crippen LogP contribution in [0.2, 0.25) is 0 Å². The van der Waals surface area contributed by atoms with Crippen molar-refractivity contribution >= 4 is 29.1 Å². The number of hydrogen-bond acceptors (Lipinski definition) is 5. The van der Waals surface area contributed by atoms with Gasteiger partial charge in [0.15, 0.2) is 0 Å². The number of benzene rings is 1. The monoisotopic (exact) mass is 338 g/mol. The third-order valence-corrected chi connectivity index (χ3v) is 4.94. The summed E-state index contributed by atoms with van der Waals surface area (Å²) in [6.07, 6.45) is 3.23. The Labute approximate surface area is 145 Å². The molecule has 1 aliphatic heterocycles. The Balaban J connectivity index is 1.62. The molecule has 0 bridgehead atoms. The molecule has 0 spiro atoms. The van der Waals surface area contributed by atoms with E-state index in [2.05, 4.69) is 16.0 Å². The fourth-order valence-electron chi connectivity index (χ4n) is 2.63. The average Bonchev–Trinajstić information content (AvgIpc) is 3.21. The molecule has 2 aromatic rings. The highest BCUT2D eigenvalue weighted by Crippen LogP contribution is 2.22. The molecule has 0 N–H and O–H groups in total. The normalized spacial score (nSPS) is 15.8. The quantitative estimate of drug-likeness (QED) is 0.784. The molecule has 0 radical (unpaired) electrons. The van der Waals surface area contributed by atoms with E-state index in [4.69, 9.17) is 0 Å². The van der Waals surface area contributed by atoms with Crippen molar-refractivity contribution in [2.24, 2.45) is 4.99 Å². The third kappa shape index (κ3) is 3.69. The highest BCUT2D eigenvalue weighted by Gasteiger charge is 2.21. The van der Waals surface area contributed by atoms with Gasteiger partial charge in [-0.05, 0) is 31.0 Å². The molecule has 122 valence electrons. The van der Waals surface area contributed by atoms with Gasteiger partial charge in [-0.3, -0.25) is 9.79 Å². The zero-order valence-electron chi connectivity index (χ0n) is 13.5. The lowest BCUT2D eigenvalue weighted by Gasteiger charge is -2.15. The third-order valence-electron chi connectivity index (χ3n) is 3.89. The van der Waals surface area contributed by atoms with Crippen molar-refractivity contribution in [3.8, 4) is 6.07 Å². The van der Waals surface area contributed by atoms with Gasteiger partial charge in [0, 0.05) is 35.9 Å². The first-order chi connectivity index (χ1) is 11.7. The number of carbonyl (C=O) groups is 1. The maximum atomic E-state index is 11.7. The molecule has 1 aromatic carbocycles. The van der Waals surface area contributed by atoms with Crippen LogP contribution < -0.4 is 4.90 Å². The summed E-state index contributed by atoms with van der Waals surface area (Å²) in [5, 5.41) is 12.0. The highest BCUT2D eigenvalue weighted by molar-refractivity contribution is 7.09. The second-order valence-corrected chi connectivity index (χ2v) is 6.63. The van der Waals surface area contributed by atoms with Crippen LogP contribution in [0.25, 0.3) is 0 Å². The fraction of sp³-hybridized carbons (Fsp3) is 0.333. The first-order valence-electron chi connectivity index (χ1n) is 7.88. The van der Waals surface area contributed by atoms with Crippen LogP contribution in [0.5, 0.6) is 0 Å². The number of carbonyl (C=O) groups excluding carboxylic acids is 1. The number of thiazole rings is 1. The summed E-state index contributed by atoms with van der Waals surface area (Å²) in [7, 11) is 0.